The van der Waals surface area contributed by atoms with Crippen molar-refractivity contribution in [3.63, 3.8) is 0 Å². The van der Waals surface area contributed by atoms with Gasteiger partial charge in [0, 0.05) is 49.9 Å². The van der Waals surface area contributed by atoms with E-state index in [1.807, 2.05) is 29.2 Å². The Labute approximate surface area is 191 Å². The number of nitrogens with one attached hydrogen (secondary N) is 2. The summed E-state index contributed by atoms with van der Waals surface area (Å²) in [6, 6.07) is 10.3. The van der Waals surface area contributed by atoms with Gasteiger partial charge >= 0.3 is 6.03 Å². The molecule has 3 amide bonds. The summed E-state index contributed by atoms with van der Waals surface area (Å²) in [5.41, 5.74) is 1.80. The summed E-state index contributed by atoms with van der Waals surface area (Å²) in [5, 5.41) is 15.4. The van der Waals surface area contributed by atoms with E-state index in [1.54, 1.807) is 0 Å². The number of anilines is 1. The molecule has 2 aliphatic heterocycles. The number of hydrogen-bond donors (Lipinski definition) is 2. The van der Waals surface area contributed by atoms with Crippen LogP contribution >= 0.6 is 0 Å². The molecule has 3 aliphatic rings. The van der Waals surface area contributed by atoms with E-state index in [9.17, 15) is 9.59 Å². The van der Waals surface area contributed by atoms with E-state index in [-0.39, 0.29) is 29.9 Å². The Morgan fingerprint density at radius 2 is 1.41 bits per heavy atom. The largest absolute Gasteiger partial charge is 0.371 e. The SMILES string of the molecule is N#Cc1ccc(N2CCC(NC(=O)N3CCC(NC(=O)C4CCCCC4)CC3)CC2)cc1. The van der Waals surface area contributed by atoms with E-state index in [0.29, 0.717) is 18.7 Å². The highest BCUT2D eigenvalue weighted by molar-refractivity contribution is 5.79. The summed E-state index contributed by atoms with van der Waals surface area (Å²) in [4.78, 5) is 29.4. The lowest BCUT2D eigenvalue weighted by atomic mass is 9.88. The fourth-order valence-electron chi connectivity index (χ4n) is 5.21. The van der Waals surface area contributed by atoms with Gasteiger partial charge < -0.3 is 20.4 Å². The first-order chi connectivity index (χ1) is 15.6. The first-order valence-corrected chi connectivity index (χ1v) is 12.2. The zero-order valence-electron chi connectivity index (χ0n) is 18.9. The lowest BCUT2D eigenvalue weighted by molar-refractivity contribution is -0.126. The van der Waals surface area contributed by atoms with Crippen molar-refractivity contribution in [3.05, 3.63) is 29.8 Å². The second-order valence-electron chi connectivity index (χ2n) is 9.47. The third-order valence-corrected chi connectivity index (χ3v) is 7.29. The molecule has 0 radical (unpaired) electrons. The molecule has 2 heterocycles. The molecule has 2 saturated heterocycles. The number of nitriles is 1. The third-order valence-electron chi connectivity index (χ3n) is 7.29. The van der Waals surface area contributed by atoms with Gasteiger partial charge in [-0.2, -0.15) is 5.26 Å². The lowest BCUT2D eigenvalue weighted by Crippen LogP contribution is -2.53. The molecular formula is C25H35N5O2. The van der Waals surface area contributed by atoms with Crippen molar-refractivity contribution in [1.29, 1.82) is 5.26 Å². The maximum Gasteiger partial charge on any atom is 0.317 e. The minimum Gasteiger partial charge on any atom is -0.371 e. The van der Waals surface area contributed by atoms with Crippen molar-refractivity contribution in [2.75, 3.05) is 31.1 Å². The normalized spacial score (nSPS) is 21.1. The second kappa shape index (κ2) is 10.7. The number of carbonyl (C=O) groups is 2. The standard InChI is InChI=1S/C25H35N5O2/c26-18-19-6-8-23(9-7-19)29-14-10-22(11-15-29)28-25(32)30-16-12-21(13-17-30)27-24(31)20-4-2-1-3-5-20/h6-9,20-22H,1-5,10-17H2,(H,27,31)(H,28,32). The maximum absolute atomic E-state index is 12.7. The number of carbonyl (C=O) groups excluding carboxylic acids is 2. The predicted octanol–water partition coefficient (Wildman–Crippen LogP) is 3.40. The van der Waals surface area contributed by atoms with Gasteiger partial charge in [0.25, 0.3) is 0 Å². The van der Waals surface area contributed by atoms with E-state index in [4.69, 9.17) is 5.26 Å². The Morgan fingerprint density at radius 3 is 2.03 bits per heavy atom. The van der Waals surface area contributed by atoms with Gasteiger partial charge in [-0.1, -0.05) is 19.3 Å². The van der Waals surface area contributed by atoms with Crippen molar-refractivity contribution < 1.29 is 9.59 Å². The van der Waals surface area contributed by atoms with Crippen molar-refractivity contribution in [2.45, 2.75) is 69.9 Å². The molecule has 0 aromatic heterocycles. The van der Waals surface area contributed by atoms with Crippen LogP contribution in [-0.2, 0) is 4.79 Å². The van der Waals surface area contributed by atoms with E-state index in [0.717, 1.165) is 57.3 Å². The first kappa shape index (κ1) is 22.4. The van der Waals surface area contributed by atoms with Crippen LogP contribution in [0.4, 0.5) is 10.5 Å². The molecule has 172 valence electrons. The van der Waals surface area contributed by atoms with Gasteiger partial charge in [0.15, 0.2) is 0 Å². The van der Waals surface area contributed by atoms with Gasteiger partial charge in [-0.15, -0.1) is 0 Å². The number of nitrogens with zero attached hydrogens (tertiary/aromatic N) is 3. The molecule has 0 unspecified atom stereocenters. The van der Waals surface area contributed by atoms with Gasteiger partial charge in [0.05, 0.1) is 11.6 Å². The molecule has 4 rings (SSSR count). The molecule has 0 spiro atoms. The zero-order chi connectivity index (χ0) is 22.3. The molecule has 32 heavy (non-hydrogen) atoms. The highest BCUT2D eigenvalue weighted by atomic mass is 16.2. The summed E-state index contributed by atoms with van der Waals surface area (Å²) in [6.07, 6.45) is 9.15. The minimum atomic E-state index is 0.0267. The molecule has 1 aromatic rings. The summed E-state index contributed by atoms with van der Waals surface area (Å²) >= 11 is 0. The van der Waals surface area contributed by atoms with Crippen molar-refractivity contribution in [1.82, 2.24) is 15.5 Å². The summed E-state index contributed by atoms with van der Waals surface area (Å²) in [6.45, 7) is 3.19. The van der Waals surface area contributed by atoms with Gasteiger partial charge in [-0.05, 0) is 62.8 Å². The number of likely N-dealkylation sites (tertiary alicyclic amines) is 1. The van der Waals surface area contributed by atoms with Crippen LogP contribution < -0.4 is 15.5 Å². The molecule has 0 bridgehead atoms. The molecule has 1 aliphatic carbocycles. The molecule has 1 saturated carbocycles. The number of benzene rings is 1. The van der Waals surface area contributed by atoms with Gasteiger partial charge in [-0.3, -0.25) is 4.79 Å². The van der Waals surface area contributed by atoms with Crippen molar-refractivity contribution >= 4 is 17.6 Å². The van der Waals surface area contributed by atoms with Gasteiger partial charge in [0.2, 0.25) is 5.91 Å². The summed E-state index contributed by atoms with van der Waals surface area (Å²) in [5.74, 6) is 0.418. The molecule has 1 aromatic carbocycles. The Hall–Kier alpha value is -2.75. The van der Waals surface area contributed by atoms with Crippen LogP contribution in [0.3, 0.4) is 0 Å². The van der Waals surface area contributed by atoms with Gasteiger partial charge in [-0.25, -0.2) is 4.79 Å². The molecule has 0 atom stereocenters. The fraction of sp³-hybridized carbons (Fsp3) is 0.640. The van der Waals surface area contributed by atoms with Crippen LogP contribution in [0, 0.1) is 17.2 Å². The van der Waals surface area contributed by atoms with Crippen LogP contribution in [0.15, 0.2) is 24.3 Å². The molecular weight excluding hydrogens is 402 g/mol. The van der Waals surface area contributed by atoms with Crippen molar-refractivity contribution in [2.24, 2.45) is 5.92 Å². The molecule has 7 heteroatoms. The highest BCUT2D eigenvalue weighted by Gasteiger charge is 2.29. The van der Waals surface area contributed by atoms with E-state index < -0.39 is 0 Å². The van der Waals surface area contributed by atoms with Crippen LogP contribution in [0.1, 0.15) is 63.4 Å². The first-order valence-electron chi connectivity index (χ1n) is 12.2. The Kier molecular flexibility index (Phi) is 7.51. The Morgan fingerprint density at radius 1 is 0.812 bits per heavy atom. The number of urea groups is 1. The zero-order valence-corrected chi connectivity index (χ0v) is 18.9. The van der Waals surface area contributed by atoms with E-state index in [2.05, 4.69) is 21.6 Å². The summed E-state index contributed by atoms with van der Waals surface area (Å²) < 4.78 is 0. The lowest BCUT2D eigenvalue weighted by Gasteiger charge is -2.37. The number of hydrogen-bond acceptors (Lipinski definition) is 4. The topological polar surface area (TPSA) is 88.5 Å². The molecule has 7 nitrogen and oxygen atoms in total. The monoisotopic (exact) mass is 437 g/mol. The summed E-state index contributed by atoms with van der Waals surface area (Å²) in [7, 11) is 0. The predicted molar refractivity (Wildman–Crippen MR) is 124 cm³/mol. The van der Waals surface area contributed by atoms with E-state index in [1.165, 1.54) is 19.3 Å². The number of piperidine rings is 2. The third kappa shape index (κ3) is 5.73. The second-order valence-corrected chi connectivity index (χ2v) is 9.47. The Bertz CT molecular complexity index is 812. The maximum atomic E-state index is 12.7. The Balaban J connectivity index is 1.16. The quantitative estimate of drug-likeness (QED) is 0.756. The van der Waals surface area contributed by atoms with Crippen LogP contribution in [0.25, 0.3) is 0 Å². The van der Waals surface area contributed by atoms with Crippen LogP contribution in [0.5, 0.6) is 0 Å². The smallest absolute Gasteiger partial charge is 0.317 e. The molecule has 3 fully saturated rings. The van der Waals surface area contributed by atoms with Crippen molar-refractivity contribution in [3.8, 4) is 6.07 Å². The molecule has 2 N–H and O–H groups in total. The fourth-order valence-corrected chi connectivity index (χ4v) is 5.21. The highest BCUT2D eigenvalue weighted by Crippen LogP contribution is 2.24. The average Bonchev–Trinajstić information content (AvgIpc) is 2.85. The number of amides is 3. The average molecular weight is 438 g/mol. The van der Waals surface area contributed by atoms with Crippen LogP contribution in [-0.4, -0.2) is 55.1 Å². The van der Waals surface area contributed by atoms with E-state index >= 15 is 0 Å². The minimum absolute atomic E-state index is 0.0267. The van der Waals surface area contributed by atoms with Crippen LogP contribution in [0.2, 0.25) is 0 Å². The van der Waals surface area contributed by atoms with Gasteiger partial charge in [0.1, 0.15) is 0 Å². The number of rotatable bonds is 4.